The van der Waals surface area contributed by atoms with Crippen molar-refractivity contribution in [3.8, 4) is 0 Å². The van der Waals surface area contributed by atoms with Gasteiger partial charge in [0.15, 0.2) is 5.13 Å². The molecule has 1 atom stereocenters. The van der Waals surface area contributed by atoms with Crippen molar-refractivity contribution in [3.05, 3.63) is 45.6 Å². The predicted octanol–water partition coefficient (Wildman–Crippen LogP) is 2.97. The molecule has 1 aromatic carbocycles. The second kappa shape index (κ2) is 8.55. The Labute approximate surface area is 190 Å². The number of thiazole rings is 1. The number of H-pyrrole nitrogens is 1. The van der Waals surface area contributed by atoms with Crippen molar-refractivity contribution in [3.63, 3.8) is 0 Å². The highest BCUT2D eigenvalue weighted by Crippen LogP contribution is 2.32. The fourth-order valence-corrected chi connectivity index (χ4v) is 5.47. The summed E-state index contributed by atoms with van der Waals surface area (Å²) < 4.78 is 5.38. The lowest BCUT2D eigenvalue weighted by Crippen LogP contribution is -2.41. The summed E-state index contributed by atoms with van der Waals surface area (Å²) in [5.74, 6) is -0.0558. The van der Waals surface area contributed by atoms with Crippen molar-refractivity contribution in [2.45, 2.75) is 33.1 Å². The highest BCUT2D eigenvalue weighted by Gasteiger charge is 2.22. The number of aromatic nitrogens is 2. The van der Waals surface area contributed by atoms with Gasteiger partial charge < -0.3 is 14.6 Å². The molecular weight excluding hydrogens is 426 g/mol. The van der Waals surface area contributed by atoms with E-state index in [4.69, 9.17) is 4.74 Å². The largest absolute Gasteiger partial charge is 0.378 e. The molecule has 2 amide bonds. The van der Waals surface area contributed by atoms with Gasteiger partial charge in [-0.2, -0.15) is 0 Å². The summed E-state index contributed by atoms with van der Waals surface area (Å²) in [5, 5.41) is 1.90. The molecule has 3 heterocycles. The van der Waals surface area contributed by atoms with Crippen LogP contribution in [-0.2, 0) is 17.6 Å². The number of morpholine rings is 1. The van der Waals surface area contributed by atoms with Crippen LogP contribution in [0, 0.1) is 12.8 Å². The second-order valence-corrected chi connectivity index (χ2v) is 9.59. The van der Waals surface area contributed by atoms with Crippen LogP contribution >= 0.6 is 11.3 Å². The van der Waals surface area contributed by atoms with Gasteiger partial charge in [0.1, 0.15) is 4.88 Å². The number of aromatic amines is 1. The summed E-state index contributed by atoms with van der Waals surface area (Å²) >= 11 is 1.33. The number of rotatable bonds is 3. The summed E-state index contributed by atoms with van der Waals surface area (Å²) in [5.41, 5.74) is 9.92. The Kier molecular flexibility index (Phi) is 5.60. The zero-order valence-electron chi connectivity index (χ0n) is 18.3. The van der Waals surface area contributed by atoms with E-state index in [2.05, 4.69) is 32.6 Å². The molecule has 3 aromatic rings. The molecule has 3 N–H and O–H groups in total. The molecule has 0 saturated carbocycles. The molecule has 0 radical (unpaired) electrons. The number of benzene rings is 1. The number of anilines is 1. The number of nitrogens with one attached hydrogen (secondary N) is 3. The Morgan fingerprint density at radius 3 is 2.81 bits per heavy atom. The van der Waals surface area contributed by atoms with Crippen molar-refractivity contribution in [2.24, 2.45) is 5.92 Å². The van der Waals surface area contributed by atoms with E-state index in [9.17, 15) is 9.59 Å². The van der Waals surface area contributed by atoms with Gasteiger partial charge in [-0.3, -0.25) is 20.4 Å². The first-order valence-electron chi connectivity index (χ1n) is 11.0. The van der Waals surface area contributed by atoms with Crippen molar-refractivity contribution >= 4 is 39.2 Å². The number of fused-ring (bicyclic) bond motifs is 3. The fraction of sp³-hybridized carbons (Fsp3) is 0.435. The molecule has 5 rings (SSSR count). The molecule has 1 aliphatic carbocycles. The van der Waals surface area contributed by atoms with Crippen LogP contribution in [0.5, 0.6) is 0 Å². The fourth-order valence-electron chi connectivity index (χ4n) is 4.46. The molecule has 1 fully saturated rings. The van der Waals surface area contributed by atoms with Gasteiger partial charge in [-0.05, 0) is 55.9 Å². The predicted molar refractivity (Wildman–Crippen MR) is 124 cm³/mol. The third-order valence-electron chi connectivity index (χ3n) is 6.26. The number of aryl methyl sites for hydroxylation is 2. The van der Waals surface area contributed by atoms with Crippen LogP contribution < -0.4 is 15.8 Å². The molecule has 168 valence electrons. The summed E-state index contributed by atoms with van der Waals surface area (Å²) in [6.45, 7) is 6.90. The minimum absolute atomic E-state index is 0.338. The standard InChI is InChI=1S/C23H27N5O3S/c1-13-3-5-18-16(11-13)17-12-15(4-6-19(17)25-18)21(29)26-27-22(30)20-14(2)24-23(32-20)28-7-9-31-10-8-28/h4,6,12-13,25H,3,5,7-11H2,1-2H3,(H,26,29)(H,27,30). The average Bonchev–Trinajstić information content (AvgIpc) is 3.37. The Balaban J connectivity index is 1.27. The maximum Gasteiger partial charge on any atom is 0.281 e. The molecule has 1 aliphatic heterocycles. The van der Waals surface area contributed by atoms with Gasteiger partial charge in [-0.25, -0.2) is 4.98 Å². The van der Waals surface area contributed by atoms with Gasteiger partial charge in [-0.1, -0.05) is 18.3 Å². The van der Waals surface area contributed by atoms with Gasteiger partial charge in [0.25, 0.3) is 11.8 Å². The first kappa shape index (κ1) is 21.0. The van der Waals surface area contributed by atoms with Crippen molar-refractivity contribution in [1.82, 2.24) is 20.8 Å². The molecule has 8 nitrogen and oxygen atoms in total. The van der Waals surface area contributed by atoms with E-state index in [1.54, 1.807) is 13.0 Å². The van der Waals surface area contributed by atoms with E-state index < -0.39 is 0 Å². The normalized spacial score (nSPS) is 18.4. The lowest BCUT2D eigenvalue weighted by molar-refractivity contribution is 0.0848. The van der Waals surface area contributed by atoms with E-state index in [1.165, 1.54) is 29.0 Å². The number of amides is 2. The van der Waals surface area contributed by atoms with E-state index in [-0.39, 0.29) is 11.8 Å². The van der Waals surface area contributed by atoms with Crippen molar-refractivity contribution in [2.75, 3.05) is 31.2 Å². The molecule has 0 bridgehead atoms. The van der Waals surface area contributed by atoms with Gasteiger partial charge in [0.05, 0.1) is 18.9 Å². The molecule has 2 aromatic heterocycles. The van der Waals surface area contributed by atoms with Crippen LogP contribution in [0.15, 0.2) is 18.2 Å². The van der Waals surface area contributed by atoms with E-state index in [0.717, 1.165) is 42.0 Å². The molecule has 9 heteroatoms. The SMILES string of the molecule is Cc1nc(N2CCOCC2)sc1C(=O)NNC(=O)c1ccc2[nH]c3c(c2c1)CC(C)CC3. The second-order valence-electron chi connectivity index (χ2n) is 8.61. The number of hydrogen-bond acceptors (Lipinski definition) is 6. The van der Waals surface area contributed by atoms with Crippen LogP contribution in [0.25, 0.3) is 10.9 Å². The molecule has 2 aliphatic rings. The van der Waals surface area contributed by atoms with Gasteiger partial charge in [0.2, 0.25) is 0 Å². The number of hydrazine groups is 1. The Morgan fingerprint density at radius 1 is 1.22 bits per heavy atom. The monoisotopic (exact) mass is 453 g/mol. The molecule has 32 heavy (non-hydrogen) atoms. The molecule has 0 spiro atoms. The first-order valence-corrected chi connectivity index (χ1v) is 11.9. The Hall–Kier alpha value is -2.91. The average molecular weight is 454 g/mol. The van der Waals surface area contributed by atoms with Gasteiger partial charge in [-0.15, -0.1) is 0 Å². The Morgan fingerprint density at radius 2 is 2.00 bits per heavy atom. The van der Waals surface area contributed by atoms with Crippen LogP contribution in [0.3, 0.4) is 0 Å². The van der Waals surface area contributed by atoms with Crippen LogP contribution in [-0.4, -0.2) is 48.1 Å². The Bertz CT molecular complexity index is 1180. The molecule has 1 unspecified atom stereocenters. The highest BCUT2D eigenvalue weighted by molar-refractivity contribution is 7.17. The lowest BCUT2D eigenvalue weighted by Gasteiger charge is -2.25. The zero-order chi connectivity index (χ0) is 22.2. The number of carbonyl (C=O) groups excluding carboxylic acids is 2. The molecule has 1 saturated heterocycles. The van der Waals surface area contributed by atoms with E-state index in [0.29, 0.717) is 35.3 Å². The van der Waals surface area contributed by atoms with E-state index in [1.807, 2.05) is 12.1 Å². The van der Waals surface area contributed by atoms with E-state index >= 15 is 0 Å². The number of nitrogens with zero attached hydrogens (tertiary/aromatic N) is 2. The maximum atomic E-state index is 12.7. The number of ether oxygens (including phenoxy) is 1. The minimum Gasteiger partial charge on any atom is -0.378 e. The molecular formula is C23H27N5O3S. The lowest BCUT2D eigenvalue weighted by atomic mass is 9.87. The van der Waals surface area contributed by atoms with Crippen LogP contribution in [0.2, 0.25) is 0 Å². The zero-order valence-corrected chi connectivity index (χ0v) is 19.1. The third kappa shape index (κ3) is 3.98. The van der Waals surface area contributed by atoms with Crippen molar-refractivity contribution in [1.29, 1.82) is 0 Å². The van der Waals surface area contributed by atoms with Crippen LogP contribution in [0.1, 0.15) is 50.3 Å². The first-order chi connectivity index (χ1) is 15.5. The van der Waals surface area contributed by atoms with Crippen molar-refractivity contribution < 1.29 is 14.3 Å². The smallest absolute Gasteiger partial charge is 0.281 e. The van der Waals surface area contributed by atoms with Gasteiger partial charge >= 0.3 is 0 Å². The number of carbonyl (C=O) groups is 2. The highest BCUT2D eigenvalue weighted by atomic mass is 32.1. The quantitative estimate of drug-likeness (QED) is 0.530. The van der Waals surface area contributed by atoms with Crippen LogP contribution in [0.4, 0.5) is 5.13 Å². The minimum atomic E-state index is -0.359. The summed E-state index contributed by atoms with van der Waals surface area (Å²) in [7, 11) is 0. The summed E-state index contributed by atoms with van der Waals surface area (Å²) in [4.78, 5) is 36.1. The summed E-state index contributed by atoms with van der Waals surface area (Å²) in [6.07, 6.45) is 3.25. The summed E-state index contributed by atoms with van der Waals surface area (Å²) in [6, 6.07) is 5.64. The number of hydrogen-bond donors (Lipinski definition) is 3. The maximum absolute atomic E-state index is 12.7. The third-order valence-corrected chi connectivity index (χ3v) is 7.48. The van der Waals surface area contributed by atoms with Gasteiger partial charge in [0, 0.05) is 35.2 Å². The topological polar surface area (TPSA) is 99.3 Å².